The fourth-order valence-corrected chi connectivity index (χ4v) is 2.43. The molecule has 2 rings (SSSR count). The Kier molecular flexibility index (Phi) is 4.44. The minimum atomic E-state index is 0.286. The van der Waals surface area contributed by atoms with Crippen LogP contribution in [-0.2, 0) is 4.74 Å². The molecule has 1 aromatic rings. The van der Waals surface area contributed by atoms with Crippen molar-refractivity contribution in [2.75, 3.05) is 19.8 Å². The zero-order valence-corrected chi connectivity index (χ0v) is 11.1. The van der Waals surface area contributed by atoms with E-state index in [4.69, 9.17) is 9.15 Å². The van der Waals surface area contributed by atoms with E-state index in [1.54, 1.807) is 0 Å². The van der Waals surface area contributed by atoms with Crippen LogP contribution >= 0.6 is 15.9 Å². The van der Waals surface area contributed by atoms with E-state index >= 15 is 0 Å². The molecule has 3 nitrogen and oxygen atoms in total. The molecule has 1 fully saturated rings. The summed E-state index contributed by atoms with van der Waals surface area (Å²) in [5, 5.41) is 3.55. The number of hydrogen-bond acceptors (Lipinski definition) is 3. The summed E-state index contributed by atoms with van der Waals surface area (Å²) < 4.78 is 11.9. The van der Waals surface area contributed by atoms with Crippen LogP contribution in [0.5, 0.6) is 0 Å². The molecule has 1 aliphatic heterocycles. The third-order valence-electron chi connectivity index (χ3n) is 2.95. The molecular formula is C12H18BrNO2. The average molecular weight is 288 g/mol. The van der Waals surface area contributed by atoms with E-state index < -0.39 is 0 Å². The highest BCUT2D eigenvalue weighted by atomic mass is 79.9. The van der Waals surface area contributed by atoms with Gasteiger partial charge >= 0.3 is 0 Å². The van der Waals surface area contributed by atoms with E-state index in [9.17, 15) is 0 Å². The van der Waals surface area contributed by atoms with Gasteiger partial charge in [-0.25, -0.2) is 0 Å². The van der Waals surface area contributed by atoms with Crippen molar-refractivity contribution in [3.8, 4) is 0 Å². The molecule has 2 unspecified atom stereocenters. The molecule has 0 amide bonds. The molecule has 0 saturated carbocycles. The summed E-state index contributed by atoms with van der Waals surface area (Å²) in [6.45, 7) is 4.89. The van der Waals surface area contributed by atoms with Crippen molar-refractivity contribution in [2.45, 2.75) is 25.8 Å². The molecule has 0 spiro atoms. The highest BCUT2D eigenvalue weighted by molar-refractivity contribution is 9.10. The summed E-state index contributed by atoms with van der Waals surface area (Å²) in [4.78, 5) is 0. The molecule has 2 atom stereocenters. The van der Waals surface area contributed by atoms with E-state index in [1.165, 1.54) is 0 Å². The maximum absolute atomic E-state index is 5.65. The summed E-state index contributed by atoms with van der Waals surface area (Å²) in [6, 6.07) is 4.27. The molecule has 16 heavy (non-hydrogen) atoms. The third-order valence-corrected chi connectivity index (χ3v) is 3.38. The van der Waals surface area contributed by atoms with Gasteiger partial charge in [0.2, 0.25) is 0 Å². The van der Waals surface area contributed by atoms with E-state index in [0.29, 0.717) is 5.92 Å². The van der Waals surface area contributed by atoms with Crippen LogP contribution in [0.4, 0.5) is 0 Å². The average Bonchev–Trinajstić information content (AvgIpc) is 2.91. The molecule has 0 radical (unpaired) electrons. The van der Waals surface area contributed by atoms with Crippen molar-refractivity contribution < 1.29 is 9.15 Å². The molecular weight excluding hydrogens is 270 g/mol. The molecule has 1 aliphatic rings. The standard InChI is InChI=1S/C12H18BrNO2/c1-2-6-14-12(9-5-7-15-8-9)10-3-4-11(13)16-10/h3-4,9,12,14H,2,5-8H2,1H3. The second-order valence-corrected chi connectivity index (χ2v) is 4.98. The van der Waals surface area contributed by atoms with Crippen LogP contribution in [0.2, 0.25) is 0 Å². The van der Waals surface area contributed by atoms with Crippen LogP contribution in [0.3, 0.4) is 0 Å². The molecule has 0 aromatic carbocycles. The summed E-state index contributed by atoms with van der Waals surface area (Å²) in [5.41, 5.74) is 0. The molecule has 1 saturated heterocycles. The lowest BCUT2D eigenvalue weighted by atomic mass is 9.97. The Bertz CT molecular complexity index is 321. The van der Waals surface area contributed by atoms with Crippen LogP contribution < -0.4 is 5.32 Å². The first kappa shape index (κ1) is 12.1. The first-order valence-corrected chi connectivity index (χ1v) is 6.67. The van der Waals surface area contributed by atoms with Gasteiger partial charge in [-0.05, 0) is 47.4 Å². The zero-order valence-electron chi connectivity index (χ0n) is 9.54. The van der Waals surface area contributed by atoms with Crippen molar-refractivity contribution in [2.24, 2.45) is 5.92 Å². The summed E-state index contributed by atoms with van der Waals surface area (Å²) in [7, 11) is 0. The zero-order chi connectivity index (χ0) is 11.4. The normalized spacial score (nSPS) is 22.5. The maximum atomic E-state index is 5.65. The van der Waals surface area contributed by atoms with Crippen molar-refractivity contribution in [1.29, 1.82) is 0 Å². The number of nitrogens with one attached hydrogen (secondary N) is 1. The number of hydrogen-bond donors (Lipinski definition) is 1. The highest BCUT2D eigenvalue weighted by Crippen LogP contribution is 2.31. The summed E-state index contributed by atoms with van der Waals surface area (Å²) in [6.07, 6.45) is 2.24. The Hall–Kier alpha value is -0.320. The lowest BCUT2D eigenvalue weighted by molar-refractivity contribution is 0.172. The predicted molar refractivity (Wildman–Crippen MR) is 66.4 cm³/mol. The van der Waals surface area contributed by atoms with Gasteiger partial charge in [-0.3, -0.25) is 0 Å². The van der Waals surface area contributed by atoms with E-state index in [0.717, 1.165) is 43.0 Å². The fourth-order valence-electron chi connectivity index (χ4n) is 2.11. The number of furan rings is 1. The van der Waals surface area contributed by atoms with Gasteiger partial charge in [0.25, 0.3) is 0 Å². The smallest absolute Gasteiger partial charge is 0.169 e. The van der Waals surface area contributed by atoms with Gasteiger partial charge in [0, 0.05) is 12.5 Å². The van der Waals surface area contributed by atoms with E-state index in [-0.39, 0.29) is 6.04 Å². The quantitative estimate of drug-likeness (QED) is 0.904. The third kappa shape index (κ3) is 2.87. The Labute approximate surface area is 105 Å². The van der Waals surface area contributed by atoms with Crippen molar-refractivity contribution >= 4 is 15.9 Å². The second-order valence-electron chi connectivity index (χ2n) is 4.20. The summed E-state index contributed by atoms with van der Waals surface area (Å²) >= 11 is 3.35. The first-order valence-electron chi connectivity index (χ1n) is 5.87. The van der Waals surface area contributed by atoms with Gasteiger partial charge in [0.05, 0.1) is 12.6 Å². The molecule has 1 aromatic heterocycles. The van der Waals surface area contributed by atoms with Crippen molar-refractivity contribution in [1.82, 2.24) is 5.32 Å². The molecule has 1 N–H and O–H groups in total. The second kappa shape index (κ2) is 5.84. The largest absolute Gasteiger partial charge is 0.453 e. The number of ether oxygens (including phenoxy) is 1. The van der Waals surface area contributed by atoms with Gasteiger partial charge in [0.1, 0.15) is 5.76 Å². The van der Waals surface area contributed by atoms with Gasteiger partial charge in [-0.2, -0.15) is 0 Å². The van der Waals surface area contributed by atoms with Crippen molar-refractivity contribution in [3.05, 3.63) is 22.6 Å². The van der Waals surface area contributed by atoms with Crippen LogP contribution in [0.15, 0.2) is 21.2 Å². The lowest BCUT2D eigenvalue weighted by Crippen LogP contribution is -2.29. The Morgan fingerprint density at radius 2 is 2.44 bits per heavy atom. The van der Waals surface area contributed by atoms with Gasteiger partial charge in [0.15, 0.2) is 4.67 Å². The number of halogens is 1. The summed E-state index contributed by atoms with van der Waals surface area (Å²) in [5.74, 6) is 1.54. The topological polar surface area (TPSA) is 34.4 Å². The molecule has 2 heterocycles. The molecule has 0 aliphatic carbocycles. The number of rotatable bonds is 5. The van der Waals surface area contributed by atoms with Crippen LogP contribution in [0.25, 0.3) is 0 Å². The van der Waals surface area contributed by atoms with E-state index in [1.807, 2.05) is 12.1 Å². The van der Waals surface area contributed by atoms with Gasteiger partial charge in [-0.15, -0.1) is 0 Å². The van der Waals surface area contributed by atoms with E-state index in [2.05, 4.69) is 28.2 Å². The highest BCUT2D eigenvalue weighted by Gasteiger charge is 2.28. The van der Waals surface area contributed by atoms with Gasteiger partial charge < -0.3 is 14.5 Å². The molecule has 0 bridgehead atoms. The van der Waals surface area contributed by atoms with Crippen molar-refractivity contribution in [3.63, 3.8) is 0 Å². The SMILES string of the molecule is CCCNC(c1ccc(Br)o1)C1CCOC1. The Morgan fingerprint density at radius 3 is 3.00 bits per heavy atom. The monoisotopic (exact) mass is 287 g/mol. The first-order chi connectivity index (χ1) is 7.81. The molecule has 90 valence electrons. The van der Waals surface area contributed by atoms with Crippen LogP contribution in [0.1, 0.15) is 31.6 Å². The van der Waals surface area contributed by atoms with Crippen LogP contribution in [0, 0.1) is 5.92 Å². The minimum Gasteiger partial charge on any atom is -0.453 e. The van der Waals surface area contributed by atoms with Crippen LogP contribution in [-0.4, -0.2) is 19.8 Å². The Morgan fingerprint density at radius 1 is 1.56 bits per heavy atom. The van der Waals surface area contributed by atoms with Gasteiger partial charge in [-0.1, -0.05) is 6.92 Å². The minimum absolute atomic E-state index is 0.286. The lowest BCUT2D eigenvalue weighted by Gasteiger charge is -2.21. The molecule has 4 heteroatoms. The maximum Gasteiger partial charge on any atom is 0.169 e. The Balaban J connectivity index is 2.06. The predicted octanol–water partition coefficient (Wildman–Crippen LogP) is 3.12. The fraction of sp³-hybridized carbons (Fsp3) is 0.667.